The number of ether oxygens (including phenoxy) is 2. The second-order valence-electron chi connectivity index (χ2n) is 5.57. The second kappa shape index (κ2) is 9.60. The van der Waals surface area contributed by atoms with E-state index in [1.54, 1.807) is 0 Å². The highest BCUT2D eigenvalue weighted by Gasteiger charge is 2.13. The zero-order valence-electron chi connectivity index (χ0n) is 15.4. The predicted molar refractivity (Wildman–Crippen MR) is 94.9 cm³/mol. The Hall–Kier alpha value is -3.80. The van der Waals surface area contributed by atoms with Gasteiger partial charge in [-0.2, -0.15) is 13.2 Å². The average Bonchev–Trinajstić information content (AvgIpc) is 2.75. The lowest BCUT2D eigenvalue weighted by atomic mass is 10.2. The summed E-state index contributed by atoms with van der Waals surface area (Å²) in [5.74, 6) is -1.28. The van der Waals surface area contributed by atoms with Crippen molar-refractivity contribution in [3.05, 3.63) is 60.1 Å². The molecule has 0 aliphatic heterocycles. The van der Waals surface area contributed by atoms with E-state index in [1.807, 2.05) is 0 Å². The number of nitrogens with zero attached hydrogens (tertiary/aromatic N) is 4. The van der Waals surface area contributed by atoms with Gasteiger partial charge in [0.05, 0.1) is 13.3 Å². The number of aromatic nitrogens is 4. The Kier molecular flexibility index (Phi) is 6.70. The topological polar surface area (TPSA) is 108 Å². The van der Waals surface area contributed by atoms with Crippen LogP contribution in [0.5, 0.6) is 11.6 Å². The number of amides is 1. The van der Waals surface area contributed by atoms with Gasteiger partial charge in [-0.1, -0.05) is 0 Å². The third kappa shape index (κ3) is 5.38. The number of alkyl halides is 2. The van der Waals surface area contributed by atoms with E-state index in [-0.39, 0.29) is 29.6 Å². The molecule has 0 saturated carbocycles. The molecule has 3 aromatic heterocycles. The lowest BCUT2D eigenvalue weighted by Gasteiger charge is -2.08. The lowest BCUT2D eigenvalue weighted by Crippen LogP contribution is -2.25. The summed E-state index contributed by atoms with van der Waals surface area (Å²) in [4.78, 5) is 32.5. The van der Waals surface area contributed by atoms with Crippen molar-refractivity contribution in [1.82, 2.24) is 25.4 Å². The van der Waals surface area contributed by atoms with Crippen LogP contribution in [0.4, 0.5) is 13.2 Å². The molecule has 0 bridgehead atoms. The summed E-state index contributed by atoms with van der Waals surface area (Å²) in [6, 6.07) is 5.34. The molecule has 3 aromatic rings. The molecule has 30 heavy (non-hydrogen) atoms. The van der Waals surface area contributed by atoms with Crippen LogP contribution in [0, 0.1) is 5.95 Å². The van der Waals surface area contributed by atoms with E-state index < -0.39 is 18.5 Å². The number of hydrogen-bond donors (Lipinski definition) is 1. The van der Waals surface area contributed by atoms with E-state index in [2.05, 4.69) is 30.2 Å². The Bertz CT molecular complexity index is 1020. The molecule has 0 atom stereocenters. The van der Waals surface area contributed by atoms with Crippen LogP contribution in [0.2, 0.25) is 0 Å². The molecule has 0 saturated heterocycles. The fourth-order valence-electron chi connectivity index (χ4n) is 2.21. The molecule has 0 radical (unpaired) electrons. The Labute approximate surface area is 167 Å². The van der Waals surface area contributed by atoms with Crippen LogP contribution in [-0.2, 0) is 11.4 Å². The number of nitrogens with one attached hydrogen (secondary N) is 1. The maximum atomic E-state index is 13.7. The molecule has 0 fully saturated rings. The maximum Gasteiger partial charge on any atom is 0.388 e. The van der Waals surface area contributed by atoms with Crippen molar-refractivity contribution < 1.29 is 32.3 Å². The van der Waals surface area contributed by atoms with Gasteiger partial charge in [0.25, 0.3) is 5.91 Å². The molecule has 3 heterocycles. The van der Waals surface area contributed by atoms with Gasteiger partial charge >= 0.3 is 6.61 Å². The van der Waals surface area contributed by atoms with Crippen molar-refractivity contribution in [2.45, 2.75) is 13.2 Å². The van der Waals surface area contributed by atoms with Crippen molar-refractivity contribution in [3.63, 3.8) is 0 Å². The van der Waals surface area contributed by atoms with Gasteiger partial charge in [0, 0.05) is 29.6 Å². The molecule has 0 aromatic carbocycles. The van der Waals surface area contributed by atoms with E-state index >= 15 is 0 Å². The number of hydroxylamine groups is 1. The molecule has 0 aliphatic carbocycles. The van der Waals surface area contributed by atoms with Crippen LogP contribution in [0.15, 0.2) is 42.9 Å². The Morgan fingerprint density at radius 3 is 2.70 bits per heavy atom. The number of halogens is 3. The molecule has 0 spiro atoms. The van der Waals surface area contributed by atoms with Gasteiger partial charge in [0.2, 0.25) is 11.8 Å². The summed E-state index contributed by atoms with van der Waals surface area (Å²) in [6.07, 6.45) is 3.76. The summed E-state index contributed by atoms with van der Waals surface area (Å²) in [5.41, 5.74) is 2.54. The van der Waals surface area contributed by atoms with E-state index in [0.29, 0.717) is 11.3 Å². The van der Waals surface area contributed by atoms with E-state index in [0.717, 1.165) is 0 Å². The third-order valence-electron chi connectivity index (χ3n) is 3.61. The summed E-state index contributed by atoms with van der Waals surface area (Å²) in [5, 5.41) is 0. The fourth-order valence-corrected chi connectivity index (χ4v) is 2.21. The Morgan fingerprint density at radius 2 is 2.00 bits per heavy atom. The van der Waals surface area contributed by atoms with Crippen LogP contribution in [0.1, 0.15) is 16.1 Å². The number of hydrogen-bond acceptors (Lipinski definition) is 8. The summed E-state index contributed by atoms with van der Waals surface area (Å²) < 4.78 is 47.1. The first kappa shape index (κ1) is 20.9. The molecule has 1 N–H and O–H groups in total. The van der Waals surface area contributed by atoms with Gasteiger partial charge in [-0.05, 0) is 18.2 Å². The molecular formula is C18H14F3N5O4. The van der Waals surface area contributed by atoms with Gasteiger partial charge in [-0.15, -0.1) is 0 Å². The molecule has 1 amide bonds. The van der Waals surface area contributed by atoms with Gasteiger partial charge in [0.1, 0.15) is 18.1 Å². The van der Waals surface area contributed by atoms with Gasteiger partial charge in [0.15, 0.2) is 5.82 Å². The number of carbonyl (C=O) groups is 1. The SMILES string of the molecule is COc1cnc(F)c(CONC(=O)c2ccnc(-c3ccc(OC(F)F)nc3)n2)c1. The zero-order chi connectivity index (χ0) is 21.5. The number of pyridine rings is 2. The first-order chi connectivity index (χ1) is 14.5. The number of rotatable bonds is 8. The second-order valence-corrected chi connectivity index (χ2v) is 5.57. The van der Waals surface area contributed by atoms with Crippen molar-refractivity contribution in [3.8, 4) is 23.0 Å². The first-order valence-corrected chi connectivity index (χ1v) is 8.31. The van der Waals surface area contributed by atoms with Crippen LogP contribution in [0.3, 0.4) is 0 Å². The molecule has 12 heteroatoms. The zero-order valence-corrected chi connectivity index (χ0v) is 15.4. The highest BCUT2D eigenvalue weighted by molar-refractivity contribution is 5.91. The minimum atomic E-state index is -2.99. The molecule has 0 unspecified atom stereocenters. The number of methoxy groups -OCH3 is 1. The quantitative estimate of drug-likeness (QED) is 0.437. The van der Waals surface area contributed by atoms with Crippen LogP contribution < -0.4 is 15.0 Å². The average molecular weight is 421 g/mol. The normalized spacial score (nSPS) is 10.7. The molecule has 156 valence electrons. The fraction of sp³-hybridized carbons (Fsp3) is 0.167. The molecule has 0 aliphatic rings. The highest BCUT2D eigenvalue weighted by atomic mass is 19.3. The van der Waals surface area contributed by atoms with Crippen LogP contribution >= 0.6 is 0 Å². The maximum absolute atomic E-state index is 13.7. The smallest absolute Gasteiger partial charge is 0.388 e. The largest absolute Gasteiger partial charge is 0.495 e. The van der Waals surface area contributed by atoms with Crippen molar-refractivity contribution in [2.24, 2.45) is 0 Å². The van der Waals surface area contributed by atoms with E-state index in [4.69, 9.17) is 9.57 Å². The standard InChI is InChI=1S/C18H14F3N5O4/c1-28-12-6-11(15(19)24-8-12)9-29-26-17(27)13-4-5-22-16(25-13)10-2-3-14(23-7-10)30-18(20)21/h2-8,18H,9H2,1H3,(H,26,27). The Balaban J connectivity index is 1.63. The summed E-state index contributed by atoms with van der Waals surface area (Å²) in [7, 11) is 1.41. The first-order valence-electron chi connectivity index (χ1n) is 8.31. The van der Waals surface area contributed by atoms with Crippen LogP contribution in [-0.4, -0.2) is 39.6 Å². The highest BCUT2D eigenvalue weighted by Crippen LogP contribution is 2.18. The van der Waals surface area contributed by atoms with Gasteiger partial charge in [-0.25, -0.2) is 25.4 Å². The minimum Gasteiger partial charge on any atom is -0.495 e. The summed E-state index contributed by atoms with van der Waals surface area (Å²) >= 11 is 0. The van der Waals surface area contributed by atoms with E-state index in [9.17, 15) is 18.0 Å². The van der Waals surface area contributed by atoms with Crippen molar-refractivity contribution in [2.75, 3.05) is 7.11 Å². The number of carbonyl (C=O) groups excluding carboxylic acids is 1. The van der Waals surface area contributed by atoms with Gasteiger partial charge in [-0.3, -0.25) is 9.63 Å². The van der Waals surface area contributed by atoms with Crippen LogP contribution in [0.25, 0.3) is 11.4 Å². The Morgan fingerprint density at radius 1 is 1.17 bits per heavy atom. The predicted octanol–water partition coefficient (Wildman–Crippen LogP) is 2.54. The summed E-state index contributed by atoms with van der Waals surface area (Å²) in [6.45, 7) is -3.29. The van der Waals surface area contributed by atoms with E-state index in [1.165, 1.54) is 50.0 Å². The van der Waals surface area contributed by atoms with Gasteiger partial charge < -0.3 is 9.47 Å². The minimum absolute atomic E-state index is 0.0443. The molecule has 9 nitrogen and oxygen atoms in total. The molecular weight excluding hydrogens is 407 g/mol. The third-order valence-corrected chi connectivity index (χ3v) is 3.61. The monoisotopic (exact) mass is 421 g/mol. The van der Waals surface area contributed by atoms with Crippen molar-refractivity contribution >= 4 is 5.91 Å². The lowest BCUT2D eigenvalue weighted by molar-refractivity contribution is -0.0528. The molecule has 3 rings (SSSR count). The van der Waals surface area contributed by atoms with Crippen molar-refractivity contribution in [1.29, 1.82) is 0 Å².